The molecule has 2 nitrogen and oxygen atoms in total. The van der Waals surface area contributed by atoms with Gasteiger partial charge in [-0.3, -0.25) is 0 Å². The Hall–Kier alpha value is 0.230. The van der Waals surface area contributed by atoms with Crippen molar-refractivity contribution in [3.8, 4) is 0 Å². The van der Waals surface area contributed by atoms with Gasteiger partial charge in [-0.2, -0.15) is 12.6 Å². The fourth-order valence-corrected chi connectivity index (χ4v) is 1.11. The third-order valence-electron chi connectivity index (χ3n) is 0.764. The van der Waals surface area contributed by atoms with Crippen LogP contribution in [0.1, 0.15) is 0 Å². The fraction of sp³-hybridized carbons (Fsp3) is 0.500. The molecule has 1 N–H and O–H groups in total. The first-order chi connectivity index (χ1) is 5.31. The van der Waals surface area contributed by atoms with Gasteiger partial charge in [-0.05, 0) is 7.05 Å². The molecule has 0 atom stereocenters. The zero-order valence-corrected chi connectivity index (χ0v) is 8.72. The number of hydrogen-bond donors (Lipinski definition) is 2. The van der Waals surface area contributed by atoms with E-state index in [9.17, 15) is 0 Å². The van der Waals surface area contributed by atoms with Gasteiger partial charge in [0.1, 0.15) is 0 Å². The zero-order chi connectivity index (χ0) is 8.53. The Morgan fingerprint density at radius 2 is 2.55 bits per heavy atom. The van der Waals surface area contributed by atoms with Crippen LogP contribution in [-0.2, 0) is 0 Å². The summed E-state index contributed by atoms with van der Waals surface area (Å²) in [7, 11) is 1.91. The summed E-state index contributed by atoms with van der Waals surface area (Å²) in [6.45, 7) is 1.00. The maximum atomic E-state index is 5.36. The lowest BCUT2D eigenvalue weighted by Crippen LogP contribution is -2.07. The Kier molecular flexibility index (Phi) is 8.50. The molecular weight excluding hydrogens is 200 g/mol. The predicted octanol–water partition coefficient (Wildman–Crippen LogP) is 1.93. The van der Waals surface area contributed by atoms with Crippen molar-refractivity contribution in [1.29, 1.82) is 0 Å². The van der Waals surface area contributed by atoms with E-state index in [2.05, 4.69) is 22.9 Å². The van der Waals surface area contributed by atoms with Gasteiger partial charge in [0.25, 0.3) is 0 Å². The van der Waals surface area contributed by atoms with E-state index in [0.29, 0.717) is 4.47 Å². The lowest BCUT2D eigenvalue weighted by molar-refractivity contribution is 0.874. The van der Waals surface area contributed by atoms with Gasteiger partial charge in [0, 0.05) is 23.9 Å². The smallest absolute Gasteiger partial charge is 0.183 e. The maximum Gasteiger partial charge on any atom is 0.183 e. The number of halogens is 1. The van der Waals surface area contributed by atoms with E-state index >= 15 is 0 Å². The molecule has 0 saturated heterocycles. The predicted molar refractivity (Wildman–Crippen MR) is 54.9 cm³/mol. The van der Waals surface area contributed by atoms with Crippen molar-refractivity contribution < 1.29 is 0 Å². The first kappa shape index (κ1) is 11.2. The SMILES string of the molecule is CNCCS.Clc1nccs1. The van der Waals surface area contributed by atoms with Gasteiger partial charge < -0.3 is 5.32 Å². The van der Waals surface area contributed by atoms with Crippen LogP contribution < -0.4 is 5.32 Å². The van der Waals surface area contributed by atoms with Gasteiger partial charge in [-0.15, -0.1) is 11.3 Å². The average molecular weight is 211 g/mol. The Bertz CT molecular complexity index is 154. The summed E-state index contributed by atoms with van der Waals surface area (Å²) < 4.78 is 0.606. The van der Waals surface area contributed by atoms with Gasteiger partial charge in [-0.1, -0.05) is 11.6 Å². The summed E-state index contributed by atoms with van der Waals surface area (Å²) in [6, 6.07) is 0. The minimum atomic E-state index is 0.606. The molecule has 11 heavy (non-hydrogen) atoms. The maximum absolute atomic E-state index is 5.36. The van der Waals surface area contributed by atoms with E-state index in [1.165, 1.54) is 11.3 Å². The van der Waals surface area contributed by atoms with E-state index in [0.717, 1.165) is 12.3 Å². The minimum absolute atomic E-state index is 0.606. The molecule has 0 amide bonds. The Balaban J connectivity index is 0.000000187. The minimum Gasteiger partial charge on any atom is -0.319 e. The van der Waals surface area contributed by atoms with Crippen molar-refractivity contribution in [2.75, 3.05) is 19.3 Å². The van der Waals surface area contributed by atoms with Crippen molar-refractivity contribution in [2.24, 2.45) is 0 Å². The van der Waals surface area contributed by atoms with Crippen molar-refractivity contribution in [1.82, 2.24) is 10.3 Å². The summed E-state index contributed by atoms with van der Waals surface area (Å²) in [6.07, 6.45) is 1.67. The molecule has 1 aromatic heterocycles. The molecule has 0 aliphatic rings. The molecule has 0 aliphatic heterocycles. The molecule has 1 rings (SSSR count). The number of thiazole rings is 1. The Labute approximate surface area is 81.4 Å². The number of hydrogen-bond acceptors (Lipinski definition) is 4. The first-order valence-electron chi connectivity index (χ1n) is 3.11. The van der Waals surface area contributed by atoms with Crippen molar-refractivity contribution in [3.63, 3.8) is 0 Å². The van der Waals surface area contributed by atoms with Crippen LogP contribution in [0.5, 0.6) is 0 Å². The molecule has 0 aromatic carbocycles. The van der Waals surface area contributed by atoms with E-state index in [-0.39, 0.29) is 0 Å². The highest BCUT2D eigenvalue weighted by Gasteiger charge is 1.79. The van der Waals surface area contributed by atoms with E-state index in [1.807, 2.05) is 12.4 Å². The summed E-state index contributed by atoms with van der Waals surface area (Å²) in [4.78, 5) is 3.70. The highest BCUT2D eigenvalue weighted by Crippen LogP contribution is 2.08. The summed E-state index contributed by atoms with van der Waals surface area (Å²) in [5.41, 5.74) is 0. The van der Waals surface area contributed by atoms with Crippen LogP contribution in [0, 0.1) is 0 Å². The second kappa shape index (κ2) is 8.33. The Morgan fingerprint density at radius 3 is 2.64 bits per heavy atom. The second-order valence-corrected chi connectivity index (χ2v) is 3.54. The van der Waals surface area contributed by atoms with Crippen LogP contribution in [0.3, 0.4) is 0 Å². The van der Waals surface area contributed by atoms with Crippen LogP contribution >= 0.6 is 35.6 Å². The first-order valence-corrected chi connectivity index (χ1v) is 5.00. The highest BCUT2D eigenvalue weighted by atomic mass is 35.5. The van der Waals surface area contributed by atoms with Crippen LogP contribution in [0.4, 0.5) is 0 Å². The van der Waals surface area contributed by atoms with E-state index in [4.69, 9.17) is 11.6 Å². The third kappa shape index (κ3) is 8.13. The van der Waals surface area contributed by atoms with Gasteiger partial charge in [-0.25, -0.2) is 4.98 Å². The molecule has 0 saturated carbocycles. The molecular formula is C6H11ClN2S2. The van der Waals surface area contributed by atoms with Gasteiger partial charge >= 0.3 is 0 Å². The van der Waals surface area contributed by atoms with Crippen LogP contribution in [-0.4, -0.2) is 24.3 Å². The lowest BCUT2D eigenvalue weighted by Gasteiger charge is -1.84. The van der Waals surface area contributed by atoms with Gasteiger partial charge in [0.15, 0.2) is 4.47 Å². The van der Waals surface area contributed by atoms with Crippen molar-refractivity contribution >= 4 is 35.6 Å². The topological polar surface area (TPSA) is 24.9 Å². The number of thiol groups is 1. The van der Waals surface area contributed by atoms with Gasteiger partial charge in [0.05, 0.1) is 0 Å². The van der Waals surface area contributed by atoms with E-state index in [1.54, 1.807) is 6.20 Å². The third-order valence-corrected chi connectivity index (χ3v) is 1.91. The summed E-state index contributed by atoms with van der Waals surface area (Å²) in [5.74, 6) is 0.927. The van der Waals surface area contributed by atoms with Crippen LogP contribution in [0.15, 0.2) is 11.6 Å². The molecule has 0 fully saturated rings. The quantitative estimate of drug-likeness (QED) is 0.730. The molecule has 1 heterocycles. The van der Waals surface area contributed by atoms with Crippen LogP contribution in [0.2, 0.25) is 4.47 Å². The second-order valence-electron chi connectivity index (χ2n) is 1.61. The molecule has 5 heteroatoms. The number of aromatic nitrogens is 1. The lowest BCUT2D eigenvalue weighted by atomic mass is 10.8. The molecule has 0 radical (unpaired) electrons. The number of rotatable bonds is 2. The van der Waals surface area contributed by atoms with Crippen LogP contribution in [0.25, 0.3) is 0 Å². The summed E-state index contributed by atoms with van der Waals surface area (Å²) in [5, 5.41) is 4.78. The van der Waals surface area contributed by atoms with Crippen molar-refractivity contribution in [2.45, 2.75) is 0 Å². The standard InChI is InChI=1S/C3H2ClNS.C3H9NS/c4-3-5-1-2-6-3;1-4-2-3-5/h1-2H;4-5H,2-3H2,1H3. The molecule has 0 aliphatic carbocycles. The number of nitrogens with one attached hydrogen (secondary N) is 1. The van der Waals surface area contributed by atoms with E-state index < -0.39 is 0 Å². The molecule has 0 bridgehead atoms. The molecule has 0 spiro atoms. The number of nitrogens with zero attached hydrogens (tertiary/aromatic N) is 1. The highest BCUT2D eigenvalue weighted by molar-refractivity contribution is 7.80. The van der Waals surface area contributed by atoms with Crippen molar-refractivity contribution in [3.05, 3.63) is 16.0 Å². The summed E-state index contributed by atoms with van der Waals surface area (Å²) >= 11 is 10.7. The molecule has 1 aromatic rings. The zero-order valence-electron chi connectivity index (χ0n) is 6.25. The average Bonchev–Trinajstić information content (AvgIpc) is 2.43. The molecule has 0 unspecified atom stereocenters. The molecule has 64 valence electrons. The normalized spacial score (nSPS) is 8.64. The fourth-order valence-electron chi connectivity index (χ4n) is 0.318. The monoisotopic (exact) mass is 210 g/mol. The Morgan fingerprint density at radius 1 is 1.82 bits per heavy atom. The largest absolute Gasteiger partial charge is 0.319 e. The van der Waals surface area contributed by atoms with Gasteiger partial charge in [0.2, 0.25) is 0 Å².